The van der Waals surface area contributed by atoms with Crippen LogP contribution in [0.2, 0.25) is 0 Å². The van der Waals surface area contributed by atoms with Gasteiger partial charge in [0.15, 0.2) is 0 Å². The molecule has 0 saturated heterocycles. The van der Waals surface area contributed by atoms with E-state index in [-0.39, 0.29) is 5.91 Å². The molecule has 1 aliphatic heterocycles. The molecule has 0 spiro atoms. The number of nitrogens with zero attached hydrogens (tertiary/aromatic N) is 1. The van der Waals surface area contributed by atoms with Crippen LogP contribution in [0.1, 0.15) is 56.7 Å². The smallest absolute Gasteiger partial charge is 0.229 e. The second-order valence-corrected chi connectivity index (χ2v) is 11.1. The molecule has 7 heteroatoms. The molecule has 0 radical (unpaired) electrons. The largest absolute Gasteiger partial charge is 0.369 e. The Labute approximate surface area is 169 Å². The zero-order valence-electron chi connectivity index (χ0n) is 17.9. The Hall–Kier alpha value is -1.76. The van der Waals surface area contributed by atoms with E-state index in [9.17, 15) is 13.2 Å². The van der Waals surface area contributed by atoms with Crippen molar-refractivity contribution in [3.63, 3.8) is 0 Å². The number of nitrogens with one attached hydrogen (secondary N) is 2. The van der Waals surface area contributed by atoms with E-state index in [0.717, 1.165) is 53.8 Å². The highest BCUT2D eigenvalue weighted by atomic mass is 32.2. The van der Waals surface area contributed by atoms with Crippen LogP contribution in [0.3, 0.4) is 0 Å². The number of rotatable bonds is 5. The first-order valence-corrected chi connectivity index (χ1v) is 12.0. The van der Waals surface area contributed by atoms with Gasteiger partial charge in [-0.15, -0.1) is 0 Å². The maximum Gasteiger partial charge on any atom is 0.229 e. The van der Waals surface area contributed by atoms with Crippen LogP contribution in [0.15, 0.2) is 0 Å². The van der Waals surface area contributed by atoms with E-state index < -0.39 is 15.4 Å². The second-order valence-electron chi connectivity index (χ2n) is 9.40. The Kier molecular flexibility index (Phi) is 5.42. The number of anilines is 3. The molecule has 156 valence electrons. The highest BCUT2D eigenvalue weighted by Gasteiger charge is 2.33. The Morgan fingerprint density at radius 3 is 2.29 bits per heavy atom. The highest BCUT2D eigenvalue weighted by Crippen LogP contribution is 2.46. The lowest BCUT2D eigenvalue weighted by molar-refractivity contribution is -0.123. The van der Waals surface area contributed by atoms with E-state index in [0.29, 0.717) is 11.6 Å². The molecule has 6 nitrogen and oxygen atoms in total. The summed E-state index contributed by atoms with van der Waals surface area (Å²) in [5, 5.41) is 3.13. The van der Waals surface area contributed by atoms with Gasteiger partial charge in [0.2, 0.25) is 15.9 Å². The monoisotopic (exact) mass is 407 g/mol. The van der Waals surface area contributed by atoms with Crippen molar-refractivity contribution in [2.24, 2.45) is 11.3 Å². The zero-order chi connectivity index (χ0) is 20.9. The molecular weight excluding hydrogens is 374 g/mol. The number of amides is 1. The lowest BCUT2D eigenvalue weighted by Crippen LogP contribution is -2.33. The van der Waals surface area contributed by atoms with E-state index in [1.54, 1.807) is 0 Å². The number of fused-ring (bicyclic) bond motifs is 1. The summed E-state index contributed by atoms with van der Waals surface area (Å²) in [7, 11) is -3.42. The highest BCUT2D eigenvalue weighted by molar-refractivity contribution is 7.92. The molecule has 0 bridgehead atoms. The van der Waals surface area contributed by atoms with Crippen molar-refractivity contribution in [3.05, 3.63) is 16.7 Å². The van der Waals surface area contributed by atoms with E-state index in [4.69, 9.17) is 0 Å². The van der Waals surface area contributed by atoms with Crippen LogP contribution < -0.4 is 14.9 Å². The number of carbonyl (C=O) groups excluding carboxylic acids is 1. The number of benzene rings is 1. The first-order chi connectivity index (χ1) is 12.9. The predicted octanol–water partition coefficient (Wildman–Crippen LogP) is 3.82. The van der Waals surface area contributed by atoms with E-state index in [1.165, 1.54) is 19.3 Å². The molecule has 1 aromatic carbocycles. The lowest BCUT2D eigenvalue weighted by Gasteiger charge is -2.33. The first kappa shape index (κ1) is 21.0. The fourth-order valence-electron chi connectivity index (χ4n) is 4.04. The van der Waals surface area contributed by atoms with Gasteiger partial charge in [0, 0.05) is 18.5 Å². The Morgan fingerprint density at radius 2 is 1.79 bits per heavy atom. The summed E-state index contributed by atoms with van der Waals surface area (Å²) < 4.78 is 26.6. The number of hydrogen-bond acceptors (Lipinski definition) is 4. The van der Waals surface area contributed by atoms with Crippen molar-refractivity contribution >= 4 is 33.0 Å². The van der Waals surface area contributed by atoms with Gasteiger partial charge in [0.1, 0.15) is 0 Å². The van der Waals surface area contributed by atoms with E-state index in [2.05, 4.69) is 14.9 Å². The molecule has 1 fully saturated rings. The number of hydrogen-bond donors (Lipinski definition) is 2. The second kappa shape index (κ2) is 7.25. The van der Waals surface area contributed by atoms with Gasteiger partial charge < -0.3 is 10.2 Å². The molecule has 0 atom stereocenters. The minimum atomic E-state index is -3.42. The Morgan fingerprint density at radius 1 is 1.14 bits per heavy atom. The van der Waals surface area contributed by atoms with Crippen LogP contribution in [0.5, 0.6) is 0 Å². The summed E-state index contributed by atoms with van der Waals surface area (Å²) in [6.45, 7) is 11.4. The van der Waals surface area contributed by atoms with Gasteiger partial charge in [0.25, 0.3) is 0 Å². The van der Waals surface area contributed by atoms with Gasteiger partial charge >= 0.3 is 0 Å². The molecule has 1 aromatic rings. The van der Waals surface area contributed by atoms with Crippen LogP contribution >= 0.6 is 0 Å². The summed E-state index contributed by atoms with van der Waals surface area (Å²) in [5.74, 6) is 0.647. The Balaban J connectivity index is 2.11. The molecule has 1 amide bonds. The van der Waals surface area contributed by atoms with Gasteiger partial charge in [-0.3, -0.25) is 9.52 Å². The standard InChI is InChI=1S/C21H33N3O3S/c1-13-16-10-11-24(12-15-8-7-9-15)19(16)18(22-20(25)21(3,4)5)14(2)17(13)23-28(6,26)27/h15,23H,7-12H2,1-6H3,(H,22,25). The SMILES string of the molecule is Cc1c2c(c(NC(=O)C(C)(C)C)c(C)c1NS(C)(=O)=O)N(CC1CCC1)CC2. The lowest BCUT2D eigenvalue weighted by atomic mass is 9.85. The molecule has 2 aliphatic rings. The minimum Gasteiger partial charge on any atom is -0.369 e. The van der Waals surface area contributed by atoms with Gasteiger partial charge in [-0.05, 0) is 55.7 Å². The Bertz CT molecular complexity index is 897. The number of sulfonamides is 1. The van der Waals surface area contributed by atoms with Crippen LogP contribution in [-0.2, 0) is 21.2 Å². The van der Waals surface area contributed by atoms with Crippen molar-refractivity contribution in [2.45, 2.75) is 60.3 Å². The van der Waals surface area contributed by atoms with Crippen LogP contribution in [0.4, 0.5) is 17.1 Å². The molecule has 0 unspecified atom stereocenters. The van der Waals surface area contributed by atoms with Gasteiger partial charge in [-0.1, -0.05) is 27.2 Å². The third-order valence-electron chi connectivity index (χ3n) is 5.96. The summed E-state index contributed by atoms with van der Waals surface area (Å²) >= 11 is 0. The van der Waals surface area contributed by atoms with Crippen molar-refractivity contribution in [3.8, 4) is 0 Å². The molecule has 3 rings (SSSR count). The summed E-state index contributed by atoms with van der Waals surface area (Å²) in [6, 6.07) is 0. The maximum absolute atomic E-state index is 12.8. The summed E-state index contributed by atoms with van der Waals surface area (Å²) in [4.78, 5) is 15.2. The zero-order valence-corrected chi connectivity index (χ0v) is 18.7. The molecule has 1 saturated carbocycles. The third-order valence-corrected chi connectivity index (χ3v) is 6.53. The van der Waals surface area contributed by atoms with E-state index in [1.807, 2.05) is 34.6 Å². The van der Waals surface area contributed by atoms with E-state index >= 15 is 0 Å². The fraction of sp³-hybridized carbons (Fsp3) is 0.667. The normalized spacial score (nSPS) is 17.3. The maximum atomic E-state index is 12.8. The van der Waals surface area contributed by atoms with Crippen molar-refractivity contribution in [1.82, 2.24) is 0 Å². The van der Waals surface area contributed by atoms with Gasteiger partial charge in [-0.25, -0.2) is 8.42 Å². The van der Waals surface area contributed by atoms with Crippen molar-refractivity contribution in [1.29, 1.82) is 0 Å². The summed E-state index contributed by atoms with van der Waals surface area (Å²) in [6.07, 6.45) is 5.86. The topological polar surface area (TPSA) is 78.5 Å². The average molecular weight is 408 g/mol. The molecule has 2 N–H and O–H groups in total. The quantitative estimate of drug-likeness (QED) is 0.778. The molecule has 1 heterocycles. The van der Waals surface area contributed by atoms with Crippen molar-refractivity contribution < 1.29 is 13.2 Å². The van der Waals surface area contributed by atoms with Crippen LogP contribution in [-0.4, -0.2) is 33.7 Å². The summed E-state index contributed by atoms with van der Waals surface area (Å²) in [5.41, 5.74) is 4.77. The molecular formula is C21H33N3O3S. The van der Waals surface area contributed by atoms with Gasteiger partial charge in [0.05, 0.1) is 23.3 Å². The third kappa shape index (κ3) is 4.14. The van der Waals surface area contributed by atoms with Crippen LogP contribution in [0, 0.1) is 25.2 Å². The predicted molar refractivity (Wildman–Crippen MR) is 116 cm³/mol. The minimum absolute atomic E-state index is 0.0672. The molecule has 28 heavy (non-hydrogen) atoms. The fourth-order valence-corrected chi connectivity index (χ4v) is 4.72. The first-order valence-electron chi connectivity index (χ1n) is 10.1. The van der Waals surface area contributed by atoms with Crippen LogP contribution in [0.25, 0.3) is 0 Å². The number of carbonyl (C=O) groups is 1. The molecule has 0 aromatic heterocycles. The van der Waals surface area contributed by atoms with Gasteiger partial charge in [-0.2, -0.15) is 0 Å². The average Bonchev–Trinajstić information content (AvgIpc) is 2.93. The van der Waals surface area contributed by atoms with Crippen molar-refractivity contribution in [2.75, 3.05) is 34.3 Å². The molecule has 1 aliphatic carbocycles.